The fourth-order valence-corrected chi connectivity index (χ4v) is 2.17. The molecule has 0 fully saturated rings. The van der Waals surface area contributed by atoms with E-state index in [1.165, 1.54) is 22.7 Å². The van der Waals surface area contributed by atoms with Crippen LogP contribution < -0.4 is 0 Å². The van der Waals surface area contributed by atoms with Gasteiger partial charge in [0, 0.05) is 6.07 Å². The van der Waals surface area contributed by atoms with Crippen LogP contribution in [0.5, 0.6) is 0 Å². The normalized spacial score (nSPS) is 10.6. The predicted molar refractivity (Wildman–Crippen MR) is 70.5 cm³/mol. The van der Waals surface area contributed by atoms with Gasteiger partial charge in [-0.3, -0.25) is 14.5 Å². The molecule has 0 radical (unpaired) electrons. The van der Waals surface area contributed by atoms with Crippen molar-refractivity contribution in [2.24, 2.45) is 0 Å². The van der Waals surface area contributed by atoms with E-state index in [1.54, 1.807) is 6.92 Å². The molecule has 0 spiro atoms. The largest absolute Gasteiger partial charge is 0.461 e. The maximum atomic E-state index is 11.6. The number of esters is 1. The fourth-order valence-electron chi connectivity index (χ4n) is 1.44. The fraction of sp³-hybridized carbons (Fsp3) is 0.200. The van der Waals surface area contributed by atoms with Gasteiger partial charge in [-0.15, -0.1) is 0 Å². The number of pyridine rings is 1. The maximum Gasteiger partial charge on any atom is 0.359 e. The molecule has 2 aromatic heterocycles. The van der Waals surface area contributed by atoms with Gasteiger partial charge in [0.05, 0.1) is 17.7 Å². The predicted octanol–water partition coefficient (Wildman–Crippen LogP) is 2.02. The number of halogens is 1. The summed E-state index contributed by atoms with van der Waals surface area (Å²) in [6.45, 7) is 1.95. The standard InChI is InChI=1S/C10H8IN3O4/c1-2-18-10(15)8-9(11)13-5-6(14(16)17)3-4-7(13)12-8/h3-5H,2H2,1H3. The Labute approximate surface area is 115 Å². The van der Waals surface area contributed by atoms with Crippen molar-refractivity contribution in [2.45, 2.75) is 6.92 Å². The molecular weight excluding hydrogens is 353 g/mol. The smallest absolute Gasteiger partial charge is 0.359 e. The molecule has 0 N–H and O–H groups in total. The van der Waals surface area contributed by atoms with E-state index in [2.05, 4.69) is 4.98 Å². The molecule has 94 valence electrons. The number of carbonyl (C=O) groups is 1. The minimum absolute atomic E-state index is 0.0618. The van der Waals surface area contributed by atoms with Crippen molar-refractivity contribution >= 4 is 39.9 Å². The molecular formula is C10H8IN3O4. The van der Waals surface area contributed by atoms with Crippen molar-refractivity contribution in [1.82, 2.24) is 9.38 Å². The Bertz CT molecular complexity index is 637. The third kappa shape index (κ3) is 2.15. The van der Waals surface area contributed by atoms with Crippen molar-refractivity contribution in [3.63, 3.8) is 0 Å². The lowest BCUT2D eigenvalue weighted by Crippen LogP contribution is -2.07. The van der Waals surface area contributed by atoms with Gasteiger partial charge in [-0.05, 0) is 35.6 Å². The van der Waals surface area contributed by atoms with E-state index < -0.39 is 10.9 Å². The number of hydrogen-bond donors (Lipinski definition) is 0. The van der Waals surface area contributed by atoms with E-state index in [1.807, 2.05) is 22.6 Å². The SMILES string of the molecule is CCOC(=O)c1nc2ccc([N+](=O)[O-])cn2c1I. The summed E-state index contributed by atoms with van der Waals surface area (Å²) in [6, 6.07) is 2.83. The first-order valence-electron chi connectivity index (χ1n) is 5.03. The van der Waals surface area contributed by atoms with Gasteiger partial charge in [0.1, 0.15) is 9.35 Å². The second-order valence-corrected chi connectivity index (χ2v) is 4.37. The summed E-state index contributed by atoms with van der Waals surface area (Å²) in [5, 5.41) is 10.7. The Hall–Kier alpha value is -1.71. The van der Waals surface area contributed by atoms with Crippen LogP contribution in [0.2, 0.25) is 0 Å². The van der Waals surface area contributed by atoms with Crippen LogP contribution in [-0.2, 0) is 4.74 Å². The molecule has 0 bridgehead atoms. The van der Waals surface area contributed by atoms with Gasteiger partial charge in [0.2, 0.25) is 0 Å². The number of imidazole rings is 1. The van der Waals surface area contributed by atoms with Gasteiger partial charge in [-0.1, -0.05) is 0 Å². The second kappa shape index (κ2) is 4.88. The zero-order valence-electron chi connectivity index (χ0n) is 9.29. The molecule has 7 nitrogen and oxygen atoms in total. The maximum absolute atomic E-state index is 11.6. The van der Waals surface area contributed by atoms with Crippen LogP contribution >= 0.6 is 22.6 Å². The molecule has 0 aromatic carbocycles. The molecule has 0 aliphatic carbocycles. The number of hydrogen-bond acceptors (Lipinski definition) is 5. The Morgan fingerprint density at radius 3 is 2.94 bits per heavy atom. The number of nitrogens with zero attached hydrogens (tertiary/aromatic N) is 3. The quantitative estimate of drug-likeness (QED) is 0.361. The van der Waals surface area contributed by atoms with Crippen molar-refractivity contribution < 1.29 is 14.5 Å². The van der Waals surface area contributed by atoms with Crippen LogP contribution in [0, 0.1) is 13.8 Å². The summed E-state index contributed by atoms with van der Waals surface area (Å²) >= 11 is 1.91. The van der Waals surface area contributed by atoms with Crippen molar-refractivity contribution in [3.8, 4) is 0 Å². The molecule has 2 heterocycles. The molecule has 0 saturated carbocycles. The summed E-state index contributed by atoms with van der Waals surface area (Å²) in [4.78, 5) is 25.9. The molecule has 0 aliphatic heterocycles. The van der Waals surface area contributed by atoms with E-state index in [-0.39, 0.29) is 18.0 Å². The Kier molecular flexibility index (Phi) is 3.45. The highest BCUT2D eigenvalue weighted by Gasteiger charge is 2.19. The van der Waals surface area contributed by atoms with E-state index >= 15 is 0 Å². The van der Waals surface area contributed by atoms with E-state index in [0.717, 1.165) is 0 Å². The van der Waals surface area contributed by atoms with Gasteiger partial charge >= 0.3 is 5.97 Å². The highest BCUT2D eigenvalue weighted by molar-refractivity contribution is 14.1. The number of nitro groups is 1. The highest BCUT2D eigenvalue weighted by atomic mass is 127. The number of aromatic nitrogens is 2. The van der Waals surface area contributed by atoms with E-state index in [0.29, 0.717) is 9.35 Å². The van der Waals surface area contributed by atoms with Gasteiger partial charge in [-0.2, -0.15) is 0 Å². The minimum Gasteiger partial charge on any atom is -0.461 e. The average Bonchev–Trinajstić information content (AvgIpc) is 2.67. The van der Waals surface area contributed by atoms with Crippen LogP contribution in [-0.4, -0.2) is 26.9 Å². The topological polar surface area (TPSA) is 86.7 Å². The molecule has 0 aliphatic rings. The zero-order chi connectivity index (χ0) is 13.3. The first kappa shape index (κ1) is 12.7. The molecule has 8 heteroatoms. The monoisotopic (exact) mass is 361 g/mol. The van der Waals surface area contributed by atoms with Crippen LogP contribution in [0.1, 0.15) is 17.4 Å². The molecule has 18 heavy (non-hydrogen) atoms. The lowest BCUT2D eigenvalue weighted by atomic mass is 10.4. The van der Waals surface area contributed by atoms with Gasteiger partial charge < -0.3 is 4.74 Å². The van der Waals surface area contributed by atoms with Crippen LogP contribution in [0.15, 0.2) is 18.3 Å². The summed E-state index contributed by atoms with van der Waals surface area (Å²) in [5.74, 6) is -0.534. The van der Waals surface area contributed by atoms with Gasteiger partial charge in [0.25, 0.3) is 5.69 Å². The Morgan fingerprint density at radius 2 is 2.33 bits per heavy atom. The third-order valence-electron chi connectivity index (χ3n) is 2.22. The molecule has 0 amide bonds. The Balaban J connectivity index is 2.56. The van der Waals surface area contributed by atoms with Crippen molar-refractivity contribution in [2.75, 3.05) is 6.61 Å². The van der Waals surface area contributed by atoms with E-state index in [9.17, 15) is 14.9 Å². The number of rotatable bonds is 3. The molecule has 0 unspecified atom stereocenters. The number of carbonyl (C=O) groups excluding carboxylic acids is 1. The van der Waals surface area contributed by atoms with Crippen LogP contribution in [0.3, 0.4) is 0 Å². The summed E-state index contributed by atoms with van der Waals surface area (Å²) in [6.07, 6.45) is 1.33. The first-order chi connectivity index (χ1) is 8.54. The van der Waals surface area contributed by atoms with Gasteiger partial charge in [0.15, 0.2) is 5.69 Å². The lowest BCUT2D eigenvalue weighted by Gasteiger charge is -1.98. The van der Waals surface area contributed by atoms with E-state index in [4.69, 9.17) is 4.74 Å². The minimum atomic E-state index is -0.534. The number of fused-ring (bicyclic) bond motifs is 1. The third-order valence-corrected chi connectivity index (χ3v) is 3.25. The highest BCUT2D eigenvalue weighted by Crippen LogP contribution is 2.19. The van der Waals surface area contributed by atoms with Crippen molar-refractivity contribution in [1.29, 1.82) is 0 Å². The molecule has 2 aromatic rings. The van der Waals surface area contributed by atoms with Crippen LogP contribution in [0.25, 0.3) is 5.65 Å². The van der Waals surface area contributed by atoms with Crippen LogP contribution in [0.4, 0.5) is 5.69 Å². The van der Waals surface area contributed by atoms with Crippen molar-refractivity contribution in [3.05, 3.63) is 37.8 Å². The second-order valence-electron chi connectivity index (χ2n) is 3.34. The Morgan fingerprint density at radius 1 is 1.61 bits per heavy atom. The first-order valence-corrected chi connectivity index (χ1v) is 6.11. The lowest BCUT2D eigenvalue weighted by molar-refractivity contribution is -0.385. The summed E-state index contributed by atoms with van der Waals surface area (Å²) in [7, 11) is 0. The molecule has 2 rings (SSSR count). The average molecular weight is 361 g/mol. The molecule has 0 atom stereocenters. The number of ether oxygens (including phenoxy) is 1. The summed E-state index contributed by atoms with van der Waals surface area (Å²) < 4.78 is 6.84. The summed E-state index contributed by atoms with van der Waals surface area (Å²) in [5.41, 5.74) is 0.569. The zero-order valence-corrected chi connectivity index (χ0v) is 11.4. The molecule has 0 saturated heterocycles. The van der Waals surface area contributed by atoms with Gasteiger partial charge in [-0.25, -0.2) is 9.78 Å².